The van der Waals surface area contributed by atoms with E-state index in [1.165, 1.54) is 0 Å². The minimum Gasteiger partial charge on any atom is -0.389 e. The quantitative estimate of drug-likeness (QED) is 0.600. The lowest BCUT2D eigenvalue weighted by atomic mass is 10.0. The summed E-state index contributed by atoms with van der Waals surface area (Å²) in [5.74, 6) is 0.592. The summed E-state index contributed by atoms with van der Waals surface area (Å²) in [6.45, 7) is 8.08. The first kappa shape index (κ1) is 9.70. The Morgan fingerprint density at radius 2 is 2.00 bits per heavy atom. The van der Waals surface area contributed by atoms with Crippen LogP contribution in [0.25, 0.3) is 0 Å². The molecule has 1 nitrogen and oxygen atoms in total. The summed E-state index contributed by atoms with van der Waals surface area (Å²) in [5.41, 5.74) is 1.08. The van der Waals surface area contributed by atoms with Crippen LogP contribution in [0.5, 0.6) is 0 Å². The predicted molar refractivity (Wildman–Crippen MR) is 44.9 cm³/mol. The Morgan fingerprint density at radius 1 is 1.50 bits per heavy atom. The molecule has 0 saturated carbocycles. The topological polar surface area (TPSA) is 20.2 Å². The van der Waals surface area contributed by atoms with E-state index in [9.17, 15) is 0 Å². The smallest absolute Gasteiger partial charge is 0.0719 e. The molecule has 1 heteroatoms. The van der Waals surface area contributed by atoms with Crippen LogP contribution in [-0.4, -0.2) is 11.2 Å². The van der Waals surface area contributed by atoms with Gasteiger partial charge in [-0.25, -0.2) is 0 Å². The molecule has 0 aromatic carbocycles. The Hall–Kier alpha value is -0.300. The molecule has 60 valence electrons. The zero-order valence-corrected chi connectivity index (χ0v) is 7.39. The van der Waals surface area contributed by atoms with Crippen LogP contribution in [0, 0.1) is 5.92 Å². The minimum atomic E-state index is -0.283. The Kier molecular flexibility index (Phi) is 4.37. The standard InChI is InChI=1S/C9H18O/c1-5-7(2)6-8(3)9(4)10/h6-7,9-10H,5H2,1-4H3/b8-6-. The second-order valence-electron chi connectivity index (χ2n) is 2.97. The van der Waals surface area contributed by atoms with Gasteiger partial charge in [0.25, 0.3) is 0 Å². The van der Waals surface area contributed by atoms with E-state index in [0.29, 0.717) is 5.92 Å². The molecule has 0 spiro atoms. The van der Waals surface area contributed by atoms with Gasteiger partial charge in [-0.3, -0.25) is 0 Å². The Balaban J connectivity index is 3.89. The lowest BCUT2D eigenvalue weighted by Gasteiger charge is -2.07. The highest BCUT2D eigenvalue weighted by Gasteiger charge is 1.99. The predicted octanol–water partition coefficient (Wildman–Crippen LogP) is 2.36. The van der Waals surface area contributed by atoms with Crippen molar-refractivity contribution in [2.75, 3.05) is 0 Å². The van der Waals surface area contributed by atoms with E-state index < -0.39 is 0 Å². The third-order valence-corrected chi connectivity index (χ3v) is 1.85. The molecule has 0 aromatic heterocycles. The van der Waals surface area contributed by atoms with Gasteiger partial charge in [0.2, 0.25) is 0 Å². The number of rotatable bonds is 3. The summed E-state index contributed by atoms with van der Waals surface area (Å²) in [6, 6.07) is 0. The molecule has 0 aromatic rings. The van der Waals surface area contributed by atoms with Gasteiger partial charge in [0.15, 0.2) is 0 Å². The van der Waals surface area contributed by atoms with Crippen LogP contribution >= 0.6 is 0 Å². The molecule has 2 unspecified atom stereocenters. The highest BCUT2D eigenvalue weighted by Crippen LogP contribution is 2.08. The average molecular weight is 142 g/mol. The molecular weight excluding hydrogens is 124 g/mol. The summed E-state index contributed by atoms with van der Waals surface area (Å²) in [6.07, 6.45) is 2.99. The zero-order valence-electron chi connectivity index (χ0n) is 7.39. The maximum Gasteiger partial charge on any atom is 0.0719 e. The van der Waals surface area contributed by atoms with E-state index in [-0.39, 0.29) is 6.10 Å². The first-order valence-electron chi connectivity index (χ1n) is 3.94. The van der Waals surface area contributed by atoms with Gasteiger partial charge in [0.05, 0.1) is 6.10 Å². The Morgan fingerprint density at radius 3 is 2.30 bits per heavy atom. The summed E-state index contributed by atoms with van der Waals surface area (Å²) < 4.78 is 0. The fourth-order valence-electron chi connectivity index (χ4n) is 0.706. The summed E-state index contributed by atoms with van der Waals surface area (Å²) in [4.78, 5) is 0. The van der Waals surface area contributed by atoms with Gasteiger partial charge < -0.3 is 5.11 Å². The molecule has 0 aliphatic rings. The highest BCUT2D eigenvalue weighted by molar-refractivity contribution is 5.04. The number of allylic oxidation sites excluding steroid dienone is 1. The fourth-order valence-corrected chi connectivity index (χ4v) is 0.706. The van der Waals surface area contributed by atoms with E-state index in [1.807, 2.05) is 6.92 Å². The maximum absolute atomic E-state index is 9.10. The Bertz CT molecular complexity index is 114. The van der Waals surface area contributed by atoms with E-state index >= 15 is 0 Å². The van der Waals surface area contributed by atoms with Crippen molar-refractivity contribution in [1.29, 1.82) is 0 Å². The molecule has 0 fully saturated rings. The summed E-state index contributed by atoms with van der Waals surface area (Å²) >= 11 is 0. The molecule has 0 aliphatic heterocycles. The van der Waals surface area contributed by atoms with Crippen molar-refractivity contribution in [2.45, 2.75) is 40.2 Å². The molecule has 0 bridgehead atoms. The SMILES string of the molecule is CCC(C)/C=C(/C)C(C)O. The molecule has 10 heavy (non-hydrogen) atoms. The third-order valence-electron chi connectivity index (χ3n) is 1.85. The van der Waals surface area contributed by atoms with Crippen LogP contribution in [0.2, 0.25) is 0 Å². The van der Waals surface area contributed by atoms with Crippen molar-refractivity contribution < 1.29 is 5.11 Å². The molecule has 0 amide bonds. The van der Waals surface area contributed by atoms with Crippen LogP contribution in [-0.2, 0) is 0 Å². The van der Waals surface area contributed by atoms with Gasteiger partial charge in [0.1, 0.15) is 0 Å². The summed E-state index contributed by atoms with van der Waals surface area (Å²) in [5, 5.41) is 9.10. The molecule has 2 atom stereocenters. The zero-order chi connectivity index (χ0) is 8.15. The number of aliphatic hydroxyl groups excluding tert-OH is 1. The van der Waals surface area contributed by atoms with E-state index in [0.717, 1.165) is 12.0 Å². The minimum absolute atomic E-state index is 0.283. The molecule has 0 heterocycles. The van der Waals surface area contributed by atoms with Crippen LogP contribution in [0.15, 0.2) is 11.6 Å². The molecular formula is C9H18O. The third kappa shape index (κ3) is 3.67. The lowest BCUT2D eigenvalue weighted by Crippen LogP contribution is -2.02. The van der Waals surface area contributed by atoms with Crippen molar-refractivity contribution in [2.24, 2.45) is 5.92 Å². The first-order valence-corrected chi connectivity index (χ1v) is 3.94. The Labute approximate surface area is 63.8 Å². The van der Waals surface area contributed by atoms with Crippen molar-refractivity contribution in [1.82, 2.24) is 0 Å². The van der Waals surface area contributed by atoms with E-state index in [4.69, 9.17) is 5.11 Å². The number of hydrogen-bond acceptors (Lipinski definition) is 1. The largest absolute Gasteiger partial charge is 0.389 e. The van der Waals surface area contributed by atoms with Gasteiger partial charge >= 0.3 is 0 Å². The fraction of sp³-hybridized carbons (Fsp3) is 0.778. The van der Waals surface area contributed by atoms with Crippen LogP contribution in [0.4, 0.5) is 0 Å². The van der Waals surface area contributed by atoms with E-state index in [2.05, 4.69) is 19.9 Å². The van der Waals surface area contributed by atoms with Gasteiger partial charge in [-0.1, -0.05) is 26.3 Å². The summed E-state index contributed by atoms with van der Waals surface area (Å²) in [7, 11) is 0. The monoisotopic (exact) mass is 142 g/mol. The van der Waals surface area contributed by atoms with Gasteiger partial charge in [0, 0.05) is 0 Å². The average Bonchev–Trinajstić information content (AvgIpc) is 1.87. The van der Waals surface area contributed by atoms with Gasteiger partial charge in [-0.05, 0) is 25.3 Å². The highest BCUT2D eigenvalue weighted by atomic mass is 16.3. The molecule has 0 saturated heterocycles. The van der Waals surface area contributed by atoms with Crippen molar-refractivity contribution >= 4 is 0 Å². The van der Waals surface area contributed by atoms with Gasteiger partial charge in [-0.15, -0.1) is 0 Å². The second-order valence-corrected chi connectivity index (χ2v) is 2.97. The maximum atomic E-state index is 9.10. The van der Waals surface area contributed by atoms with Crippen LogP contribution in [0.3, 0.4) is 0 Å². The van der Waals surface area contributed by atoms with Gasteiger partial charge in [-0.2, -0.15) is 0 Å². The van der Waals surface area contributed by atoms with Crippen molar-refractivity contribution in [3.05, 3.63) is 11.6 Å². The van der Waals surface area contributed by atoms with Crippen LogP contribution in [0.1, 0.15) is 34.1 Å². The molecule has 0 aliphatic carbocycles. The van der Waals surface area contributed by atoms with E-state index in [1.54, 1.807) is 6.92 Å². The molecule has 0 rings (SSSR count). The molecule has 0 radical (unpaired) electrons. The van der Waals surface area contributed by atoms with Crippen molar-refractivity contribution in [3.8, 4) is 0 Å². The van der Waals surface area contributed by atoms with Crippen molar-refractivity contribution in [3.63, 3.8) is 0 Å². The normalized spacial score (nSPS) is 18.7. The first-order chi connectivity index (χ1) is 4.57. The number of aliphatic hydroxyl groups is 1. The lowest BCUT2D eigenvalue weighted by molar-refractivity contribution is 0.230. The second kappa shape index (κ2) is 4.51. The molecule has 1 N–H and O–H groups in total. The van der Waals surface area contributed by atoms with Crippen LogP contribution < -0.4 is 0 Å². The number of hydrogen-bond donors (Lipinski definition) is 1.